The van der Waals surface area contributed by atoms with Gasteiger partial charge in [-0.2, -0.15) is 13.2 Å². The van der Waals surface area contributed by atoms with Gasteiger partial charge in [0.05, 0.1) is 17.1 Å². The van der Waals surface area contributed by atoms with Crippen LogP contribution in [0.2, 0.25) is 0 Å². The predicted octanol–water partition coefficient (Wildman–Crippen LogP) is 3.96. The number of hydrogen-bond acceptors (Lipinski definition) is 4. The van der Waals surface area contributed by atoms with Gasteiger partial charge in [-0.1, -0.05) is 24.3 Å². The summed E-state index contributed by atoms with van der Waals surface area (Å²) in [6, 6.07) is 13.9. The third kappa shape index (κ3) is 4.94. The largest absolute Gasteiger partial charge is 0.372 e. The van der Waals surface area contributed by atoms with E-state index in [0.29, 0.717) is 18.9 Å². The maximum Gasteiger partial charge on any atom is 0.276 e. The molecule has 0 unspecified atom stereocenters. The van der Waals surface area contributed by atoms with Gasteiger partial charge in [0, 0.05) is 27.6 Å². The van der Waals surface area contributed by atoms with E-state index in [1.54, 1.807) is 18.2 Å². The van der Waals surface area contributed by atoms with Crippen molar-refractivity contribution >= 4 is 47.7 Å². The molecule has 0 aliphatic carbocycles. The SMILES string of the molecule is C[C@@H]1CN(/C(=N/NS(=O)(=O)c2ccccc2)c2c(Br)cccc2Br)C[C@H](C)O1. The van der Waals surface area contributed by atoms with Crippen LogP contribution in [0, 0.1) is 0 Å². The smallest absolute Gasteiger partial charge is 0.276 e. The van der Waals surface area contributed by atoms with Crippen molar-refractivity contribution in [1.29, 1.82) is 0 Å². The van der Waals surface area contributed by atoms with Crippen molar-refractivity contribution in [2.45, 2.75) is 31.0 Å². The van der Waals surface area contributed by atoms with Crippen LogP contribution >= 0.6 is 31.9 Å². The number of nitrogens with one attached hydrogen (secondary N) is 1. The molecule has 150 valence electrons. The number of halogens is 2. The van der Waals surface area contributed by atoms with Crippen LogP contribution in [0.1, 0.15) is 19.4 Å². The fourth-order valence-corrected chi connectivity index (χ4v) is 5.28. The number of amidine groups is 1. The van der Waals surface area contributed by atoms with Crippen LogP contribution in [0.25, 0.3) is 0 Å². The van der Waals surface area contributed by atoms with E-state index in [4.69, 9.17) is 4.74 Å². The maximum atomic E-state index is 12.7. The third-order valence-corrected chi connectivity index (χ3v) is 6.78. The number of nitrogens with zero attached hydrogens (tertiary/aromatic N) is 2. The van der Waals surface area contributed by atoms with Crippen LogP contribution < -0.4 is 4.83 Å². The Hall–Kier alpha value is -1.42. The summed E-state index contributed by atoms with van der Waals surface area (Å²) in [6.07, 6.45) is 0.00175. The molecule has 1 aliphatic heterocycles. The first-order valence-electron chi connectivity index (χ1n) is 8.77. The average molecular weight is 531 g/mol. The van der Waals surface area contributed by atoms with Crippen LogP contribution in [0.15, 0.2) is 67.5 Å². The molecule has 0 bridgehead atoms. The summed E-state index contributed by atoms with van der Waals surface area (Å²) >= 11 is 7.13. The van der Waals surface area contributed by atoms with E-state index >= 15 is 0 Å². The topological polar surface area (TPSA) is 71.0 Å². The Labute approximate surface area is 182 Å². The molecule has 1 fully saturated rings. The van der Waals surface area contributed by atoms with Crippen LogP contribution in [0.4, 0.5) is 0 Å². The molecule has 2 aromatic carbocycles. The lowest BCUT2D eigenvalue weighted by molar-refractivity contribution is -0.0479. The molecule has 0 saturated carbocycles. The van der Waals surface area contributed by atoms with E-state index in [2.05, 4.69) is 41.8 Å². The molecule has 1 aliphatic rings. The van der Waals surface area contributed by atoms with Crippen molar-refractivity contribution in [3.05, 3.63) is 63.0 Å². The van der Waals surface area contributed by atoms with Gasteiger partial charge in [-0.25, -0.2) is 0 Å². The Kier molecular flexibility index (Phi) is 6.80. The second-order valence-electron chi connectivity index (χ2n) is 6.60. The van der Waals surface area contributed by atoms with Crippen molar-refractivity contribution in [3.8, 4) is 0 Å². The number of morpholine rings is 1. The molecule has 6 nitrogen and oxygen atoms in total. The van der Waals surface area contributed by atoms with E-state index in [-0.39, 0.29) is 17.1 Å². The Bertz CT molecular complexity index is 937. The first kappa shape index (κ1) is 21.3. The van der Waals surface area contributed by atoms with E-state index in [1.165, 1.54) is 12.1 Å². The lowest BCUT2D eigenvalue weighted by Gasteiger charge is -2.37. The highest BCUT2D eigenvalue weighted by atomic mass is 79.9. The normalized spacial score (nSPS) is 20.9. The van der Waals surface area contributed by atoms with Gasteiger partial charge in [-0.05, 0) is 70.0 Å². The standard InChI is InChI=1S/C19H21Br2N3O3S/c1-13-11-24(12-14(2)27-13)19(18-16(20)9-6-10-17(18)21)22-23-28(25,26)15-7-4-3-5-8-15/h3-10,13-14,23H,11-12H2,1-2H3/b22-19+/t13-,14+. The highest BCUT2D eigenvalue weighted by molar-refractivity contribution is 9.11. The van der Waals surface area contributed by atoms with Gasteiger partial charge < -0.3 is 9.64 Å². The summed E-state index contributed by atoms with van der Waals surface area (Å²) in [5.41, 5.74) is 0.777. The number of rotatable bonds is 4. The minimum atomic E-state index is -3.78. The summed E-state index contributed by atoms with van der Waals surface area (Å²) in [5.74, 6) is 0.529. The molecule has 0 aromatic heterocycles. The molecule has 0 amide bonds. The minimum Gasteiger partial charge on any atom is -0.372 e. The zero-order chi connectivity index (χ0) is 20.3. The zero-order valence-corrected chi connectivity index (χ0v) is 19.5. The van der Waals surface area contributed by atoms with E-state index in [9.17, 15) is 8.42 Å². The number of hydrazone groups is 1. The number of sulfonamides is 1. The minimum absolute atomic E-state index is 0.000874. The Morgan fingerprint density at radius 3 is 2.18 bits per heavy atom. The molecule has 1 saturated heterocycles. The van der Waals surface area contributed by atoms with Crippen molar-refractivity contribution in [2.24, 2.45) is 5.10 Å². The maximum absolute atomic E-state index is 12.7. The average Bonchev–Trinajstić information content (AvgIpc) is 2.64. The Morgan fingerprint density at radius 2 is 1.61 bits per heavy atom. The molecule has 2 atom stereocenters. The summed E-state index contributed by atoms with van der Waals surface area (Å²) in [7, 11) is -3.78. The molecule has 2 aromatic rings. The number of ether oxygens (including phenoxy) is 1. The van der Waals surface area contributed by atoms with E-state index in [0.717, 1.165) is 14.5 Å². The quantitative estimate of drug-likeness (QED) is 0.369. The van der Waals surface area contributed by atoms with E-state index in [1.807, 2.05) is 36.9 Å². The molecular formula is C19H21Br2N3O3S. The molecule has 28 heavy (non-hydrogen) atoms. The lowest BCUT2D eigenvalue weighted by atomic mass is 10.1. The summed E-state index contributed by atoms with van der Waals surface area (Å²) in [5, 5.41) is 4.35. The van der Waals surface area contributed by atoms with Gasteiger partial charge in [0.15, 0.2) is 5.84 Å². The van der Waals surface area contributed by atoms with Crippen LogP contribution in [0.3, 0.4) is 0 Å². The molecule has 9 heteroatoms. The van der Waals surface area contributed by atoms with Crippen molar-refractivity contribution < 1.29 is 13.2 Å². The third-order valence-electron chi connectivity index (χ3n) is 4.23. The van der Waals surface area contributed by atoms with Crippen LogP contribution in [-0.4, -0.2) is 44.5 Å². The second-order valence-corrected chi connectivity index (χ2v) is 9.97. The highest BCUT2D eigenvalue weighted by Gasteiger charge is 2.28. The lowest BCUT2D eigenvalue weighted by Crippen LogP contribution is -2.49. The van der Waals surface area contributed by atoms with Gasteiger partial charge >= 0.3 is 0 Å². The first-order chi connectivity index (χ1) is 13.3. The Morgan fingerprint density at radius 1 is 1.04 bits per heavy atom. The van der Waals surface area contributed by atoms with Crippen LogP contribution in [-0.2, 0) is 14.8 Å². The molecular weight excluding hydrogens is 510 g/mol. The fourth-order valence-electron chi connectivity index (χ4n) is 3.10. The monoisotopic (exact) mass is 529 g/mol. The molecule has 3 rings (SSSR count). The highest BCUT2D eigenvalue weighted by Crippen LogP contribution is 2.28. The van der Waals surface area contributed by atoms with Gasteiger partial charge in [-0.15, -0.1) is 5.10 Å². The second kappa shape index (κ2) is 8.94. The number of benzene rings is 2. The summed E-state index contributed by atoms with van der Waals surface area (Å²) in [4.78, 5) is 4.59. The molecule has 1 heterocycles. The predicted molar refractivity (Wildman–Crippen MR) is 117 cm³/mol. The Balaban J connectivity index is 2.02. The van der Waals surface area contributed by atoms with Gasteiger partial charge in [0.2, 0.25) is 0 Å². The fraction of sp³-hybridized carbons (Fsp3) is 0.316. The van der Waals surface area contributed by atoms with Crippen molar-refractivity contribution in [1.82, 2.24) is 9.73 Å². The van der Waals surface area contributed by atoms with Gasteiger partial charge in [0.25, 0.3) is 10.0 Å². The van der Waals surface area contributed by atoms with Crippen molar-refractivity contribution in [2.75, 3.05) is 13.1 Å². The van der Waals surface area contributed by atoms with Gasteiger partial charge in [0.1, 0.15) is 0 Å². The molecule has 1 N–H and O–H groups in total. The number of hydrogen-bond donors (Lipinski definition) is 1. The van der Waals surface area contributed by atoms with E-state index < -0.39 is 10.0 Å². The summed E-state index contributed by atoms with van der Waals surface area (Å²) < 4.78 is 32.8. The van der Waals surface area contributed by atoms with Crippen LogP contribution in [0.5, 0.6) is 0 Å². The van der Waals surface area contributed by atoms with Crippen molar-refractivity contribution in [3.63, 3.8) is 0 Å². The summed E-state index contributed by atoms with van der Waals surface area (Å²) in [6.45, 7) is 5.18. The van der Waals surface area contributed by atoms with Gasteiger partial charge in [-0.3, -0.25) is 0 Å². The first-order valence-corrected chi connectivity index (χ1v) is 11.8. The zero-order valence-electron chi connectivity index (χ0n) is 15.5. The molecule has 0 spiro atoms. The molecule has 0 radical (unpaired) electrons.